The second-order valence-electron chi connectivity index (χ2n) is 7.50. The van der Waals surface area contributed by atoms with Crippen molar-refractivity contribution in [2.45, 2.75) is 30.3 Å². The molecular weight excluding hydrogens is 420 g/mol. The molecule has 7 heteroatoms. The zero-order valence-electron chi connectivity index (χ0n) is 17.7. The predicted molar refractivity (Wildman–Crippen MR) is 131 cm³/mol. The highest BCUT2D eigenvalue weighted by molar-refractivity contribution is 8.00. The molecule has 6 nitrogen and oxygen atoms in total. The molecule has 1 amide bonds. The number of amides is 1. The number of rotatable bonds is 7. The Morgan fingerprint density at radius 2 is 1.75 bits per heavy atom. The van der Waals surface area contributed by atoms with Crippen LogP contribution in [0.2, 0.25) is 0 Å². The number of aryl methyl sites for hydroxylation is 1. The van der Waals surface area contributed by atoms with Crippen LogP contribution in [0.5, 0.6) is 0 Å². The quantitative estimate of drug-likeness (QED) is 0.327. The second-order valence-corrected chi connectivity index (χ2v) is 8.81. The number of aromatic nitrogens is 2. The minimum Gasteiger partial charge on any atom is -0.385 e. The lowest BCUT2D eigenvalue weighted by Crippen LogP contribution is -2.25. The van der Waals surface area contributed by atoms with Gasteiger partial charge in [-0.2, -0.15) is 4.98 Å². The molecule has 0 saturated heterocycles. The van der Waals surface area contributed by atoms with Crippen molar-refractivity contribution in [3.05, 3.63) is 94.8 Å². The van der Waals surface area contributed by atoms with Crippen LogP contribution < -0.4 is 16.6 Å². The minimum absolute atomic E-state index is 0.170. The Kier molecular flexibility index (Phi) is 6.56. The molecule has 4 rings (SSSR count). The van der Waals surface area contributed by atoms with E-state index in [2.05, 4.69) is 10.3 Å². The maximum absolute atomic E-state index is 12.8. The normalized spacial score (nSPS) is 11.9. The van der Waals surface area contributed by atoms with E-state index in [1.165, 1.54) is 17.8 Å². The van der Waals surface area contributed by atoms with Gasteiger partial charge in [0.1, 0.15) is 5.82 Å². The Hall–Kier alpha value is -3.58. The van der Waals surface area contributed by atoms with Gasteiger partial charge in [0.15, 0.2) is 5.16 Å². The third kappa shape index (κ3) is 5.18. The van der Waals surface area contributed by atoms with Crippen LogP contribution in [-0.4, -0.2) is 20.7 Å². The smallest absolute Gasteiger partial charge is 0.275 e. The number of nitrogens with two attached hydrogens (primary N) is 1. The van der Waals surface area contributed by atoms with Crippen LogP contribution >= 0.6 is 11.8 Å². The first-order valence-corrected chi connectivity index (χ1v) is 11.3. The summed E-state index contributed by atoms with van der Waals surface area (Å²) in [4.78, 5) is 28.9. The monoisotopic (exact) mass is 444 g/mol. The largest absolute Gasteiger partial charge is 0.385 e. The van der Waals surface area contributed by atoms with Crippen molar-refractivity contribution in [3.8, 4) is 0 Å². The first-order valence-electron chi connectivity index (χ1n) is 10.4. The molecule has 0 saturated carbocycles. The molecule has 0 aliphatic rings. The van der Waals surface area contributed by atoms with Gasteiger partial charge in [-0.25, -0.2) is 0 Å². The van der Waals surface area contributed by atoms with Gasteiger partial charge in [0.25, 0.3) is 5.56 Å². The molecule has 0 radical (unpaired) electrons. The van der Waals surface area contributed by atoms with E-state index in [9.17, 15) is 9.59 Å². The van der Waals surface area contributed by atoms with E-state index in [-0.39, 0.29) is 5.91 Å². The molecule has 1 heterocycles. The van der Waals surface area contributed by atoms with E-state index in [0.717, 1.165) is 28.4 Å². The Morgan fingerprint density at radius 1 is 1.03 bits per heavy atom. The first-order chi connectivity index (χ1) is 15.5. The highest BCUT2D eigenvalue weighted by Crippen LogP contribution is 2.25. The van der Waals surface area contributed by atoms with Crippen molar-refractivity contribution in [2.75, 3.05) is 11.1 Å². The lowest BCUT2D eigenvalue weighted by Gasteiger charge is -2.17. The van der Waals surface area contributed by atoms with Gasteiger partial charge in [-0.15, -0.1) is 0 Å². The number of thioether (sulfide) groups is 1. The lowest BCUT2D eigenvalue weighted by molar-refractivity contribution is -0.115. The number of nitrogens with one attached hydrogen (secondary N) is 1. The lowest BCUT2D eigenvalue weighted by atomic mass is 10.1. The number of hydrogen-bond acceptors (Lipinski definition) is 5. The van der Waals surface area contributed by atoms with Gasteiger partial charge in [0.2, 0.25) is 5.91 Å². The summed E-state index contributed by atoms with van der Waals surface area (Å²) in [5.41, 5.74) is 7.59. The number of nitrogens with zero attached hydrogens (tertiary/aromatic N) is 2. The number of carbonyl (C=O) groups excluding carboxylic acids is 1. The summed E-state index contributed by atoms with van der Waals surface area (Å²) in [6.45, 7) is 2.35. The van der Waals surface area contributed by atoms with Gasteiger partial charge in [0.05, 0.1) is 5.25 Å². The molecule has 1 aromatic heterocycles. The van der Waals surface area contributed by atoms with Crippen LogP contribution in [0, 0.1) is 0 Å². The number of benzene rings is 3. The molecule has 0 spiro atoms. The van der Waals surface area contributed by atoms with Crippen molar-refractivity contribution < 1.29 is 4.79 Å². The maximum atomic E-state index is 12.8. The fourth-order valence-electron chi connectivity index (χ4n) is 3.42. The second kappa shape index (κ2) is 9.70. The van der Waals surface area contributed by atoms with Crippen LogP contribution in [-0.2, 0) is 17.8 Å². The van der Waals surface area contributed by atoms with Crippen molar-refractivity contribution >= 4 is 39.9 Å². The third-order valence-corrected chi connectivity index (χ3v) is 6.25. The standard InChI is InChI=1S/C25H24N4O2S/c1-17(24(31)27-21-12-11-19-9-5-6-10-20(19)15-21)32-25-28-23(30)16-22(26)29(25)14-13-18-7-3-2-4-8-18/h2-12,15-17H,13-14,26H2,1H3,(H,27,31). The minimum atomic E-state index is -0.474. The molecule has 1 atom stereocenters. The first kappa shape index (κ1) is 21.6. The predicted octanol–water partition coefficient (Wildman–Crippen LogP) is 4.34. The van der Waals surface area contributed by atoms with Crippen molar-refractivity contribution in [1.82, 2.24) is 9.55 Å². The Balaban J connectivity index is 1.49. The highest BCUT2D eigenvalue weighted by Gasteiger charge is 2.19. The summed E-state index contributed by atoms with van der Waals surface area (Å²) in [5, 5.41) is 5.08. The molecular formula is C25H24N4O2S. The van der Waals surface area contributed by atoms with Gasteiger partial charge < -0.3 is 15.6 Å². The molecule has 3 N–H and O–H groups in total. The summed E-state index contributed by atoms with van der Waals surface area (Å²) in [6.07, 6.45) is 0.737. The van der Waals surface area contributed by atoms with E-state index in [1.807, 2.05) is 72.8 Å². The molecule has 0 fully saturated rings. The summed E-state index contributed by atoms with van der Waals surface area (Å²) in [5.74, 6) is 0.169. The number of fused-ring (bicyclic) bond motifs is 1. The summed E-state index contributed by atoms with van der Waals surface area (Å²) in [6, 6.07) is 25.1. The number of carbonyl (C=O) groups is 1. The van der Waals surface area contributed by atoms with Crippen LogP contribution in [0.4, 0.5) is 11.5 Å². The molecule has 4 aromatic rings. The number of nitrogen functional groups attached to an aromatic ring is 1. The highest BCUT2D eigenvalue weighted by atomic mass is 32.2. The van der Waals surface area contributed by atoms with Crippen LogP contribution in [0.3, 0.4) is 0 Å². The number of anilines is 2. The summed E-state index contributed by atoms with van der Waals surface area (Å²) >= 11 is 1.22. The van der Waals surface area contributed by atoms with Crippen LogP contribution in [0.25, 0.3) is 10.8 Å². The molecule has 3 aromatic carbocycles. The van der Waals surface area contributed by atoms with Gasteiger partial charge in [-0.05, 0) is 41.8 Å². The van der Waals surface area contributed by atoms with Crippen LogP contribution in [0.15, 0.2) is 88.8 Å². The van der Waals surface area contributed by atoms with Gasteiger partial charge in [-0.3, -0.25) is 9.59 Å². The van der Waals surface area contributed by atoms with Gasteiger partial charge in [-0.1, -0.05) is 72.4 Å². The zero-order valence-corrected chi connectivity index (χ0v) is 18.5. The molecule has 0 bridgehead atoms. The summed E-state index contributed by atoms with van der Waals surface area (Å²) < 4.78 is 1.79. The molecule has 162 valence electrons. The topological polar surface area (TPSA) is 90.0 Å². The van der Waals surface area contributed by atoms with Crippen molar-refractivity contribution in [3.63, 3.8) is 0 Å². The van der Waals surface area contributed by atoms with Crippen molar-refractivity contribution in [1.29, 1.82) is 0 Å². The summed E-state index contributed by atoms with van der Waals surface area (Å²) in [7, 11) is 0. The zero-order chi connectivity index (χ0) is 22.5. The Morgan fingerprint density at radius 3 is 2.53 bits per heavy atom. The van der Waals surface area contributed by atoms with E-state index < -0.39 is 10.8 Å². The van der Waals surface area contributed by atoms with E-state index >= 15 is 0 Å². The van der Waals surface area contributed by atoms with Crippen molar-refractivity contribution in [2.24, 2.45) is 0 Å². The number of hydrogen-bond donors (Lipinski definition) is 2. The van der Waals surface area contributed by atoms with Gasteiger partial charge >= 0.3 is 0 Å². The van der Waals surface area contributed by atoms with E-state index in [0.29, 0.717) is 17.5 Å². The molecule has 0 aliphatic carbocycles. The average molecular weight is 445 g/mol. The third-order valence-electron chi connectivity index (χ3n) is 5.16. The van der Waals surface area contributed by atoms with E-state index in [4.69, 9.17) is 5.73 Å². The Labute approximate surface area is 190 Å². The Bertz CT molecular complexity index is 1300. The maximum Gasteiger partial charge on any atom is 0.275 e. The van der Waals surface area contributed by atoms with Crippen LogP contribution in [0.1, 0.15) is 12.5 Å². The fourth-order valence-corrected chi connectivity index (χ4v) is 4.37. The molecule has 0 aliphatic heterocycles. The SMILES string of the molecule is CC(Sc1nc(=O)cc(N)n1CCc1ccccc1)C(=O)Nc1ccc2ccccc2c1. The van der Waals surface area contributed by atoms with E-state index in [1.54, 1.807) is 11.5 Å². The molecule has 1 unspecified atom stereocenters. The van der Waals surface area contributed by atoms with Gasteiger partial charge in [0, 0.05) is 18.3 Å². The fraction of sp³-hybridized carbons (Fsp3) is 0.160. The average Bonchev–Trinajstić information content (AvgIpc) is 2.79. The molecule has 32 heavy (non-hydrogen) atoms.